The van der Waals surface area contributed by atoms with Gasteiger partial charge >= 0.3 is 0 Å². The zero-order valence-electron chi connectivity index (χ0n) is 15.6. The van der Waals surface area contributed by atoms with E-state index >= 15 is 0 Å². The Morgan fingerprint density at radius 2 is 1.52 bits per heavy atom. The van der Waals surface area contributed by atoms with Crippen LogP contribution in [0.5, 0.6) is 0 Å². The maximum absolute atomic E-state index is 12.7. The lowest BCUT2D eigenvalue weighted by molar-refractivity contribution is -0.135. The van der Waals surface area contributed by atoms with Gasteiger partial charge in [-0.3, -0.25) is 9.59 Å². The van der Waals surface area contributed by atoms with Gasteiger partial charge in [0.2, 0.25) is 11.8 Å². The first-order chi connectivity index (χ1) is 12.9. The fraction of sp³-hybridized carbons (Fsp3) is 0.333. The smallest absolute Gasteiger partial charge is 0.239 e. The average Bonchev–Trinajstić information content (AvgIpc) is 3.19. The third-order valence-electron chi connectivity index (χ3n) is 4.85. The van der Waals surface area contributed by atoms with Crippen LogP contribution in [0.1, 0.15) is 26.7 Å². The van der Waals surface area contributed by atoms with E-state index in [0.29, 0.717) is 16.4 Å². The maximum atomic E-state index is 12.7. The normalized spacial score (nSPS) is 14.1. The second-order valence-electron chi connectivity index (χ2n) is 7.25. The number of anilines is 3. The van der Waals surface area contributed by atoms with Crippen LogP contribution in [0.25, 0.3) is 0 Å². The molecule has 0 atom stereocenters. The second-order valence-corrected chi connectivity index (χ2v) is 7.66. The van der Waals surface area contributed by atoms with E-state index in [4.69, 9.17) is 11.6 Å². The molecule has 0 bridgehead atoms. The molecule has 0 aliphatic carbocycles. The maximum Gasteiger partial charge on any atom is 0.239 e. The van der Waals surface area contributed by atoms with Gasteiger partial charge in [0.05, 0.1) is 10.7 Å². The summed E-state index contributed by atoms with van der Waals surface area (Å²) in [4.78, 5) is 27.6. The Kier molecular flexibility index (Phi) is 5.71. The van der Waals surface area contributed by atoms with Crippen molar-refractivity contribution in [3.63, 3.8) is 0 Å². The predicted molar refractivity (Wildman–Crippen MR) is 110 cm³/mol. The molecule has 0 spiro atoms. The van der Waals surface area contributed by atoms with Crippen molar-refractivity contribution in [1.29, 1.82) is 0 Å². The van der Waals surface area contributed by atoms with Crippen LogP contribution in [0, 0.1) is 5.41 Å². The van der Waals surface area contributed by atoms with E-state index < -0.39 is 11.3 Å². The van der Waals surface area contributed by atoms with E-state index in [2.05, 4.69) is 15.5 Å². The third kappa shape index (κ3) is 4.42. The summed E-state index contributed by atoms with van der Waals surface area (Å²) in [6.07, 6.45) is 2.43. The number of carbonyl (C=O) groups excluding carboxylic acids is 2. The van der Waals surface area contributed by atoms with Gasteiger partial charge in [-0.05, 0) is 63.1 Å². The Morgan fingerprint density at radius 3 is 2.15 bits per heavy atom. The molecule has 5 nitrogen and oxygen atoms in total. The van der Waals surface area contributed by atoms with Crippen molar-refractivity contribution in [3.05, 3.63) is 53.6 Å². The molecule has 1 aliphatic heterocycles. The summed E-state index contributed by atoms with van der Waals surface area (Å²) in [5.41, 5.74) is 1.05. The number of halogens is 1. The van der Waals surface area contributed by atoms with Crippen LogP contribution < -0.4 is 15.5 Å². The van der Waals surface area contributed by atoms with Crippen molar-refractivity contribution in [2.75, 3.05) is 28.6 Å². The molecule has 6 heteroatoms. The average molecular weight is 386 g/mol. The van der Waals surface area contributed by atoms with Gasteiger partial charge < -0.3 is 15.5 Å². The number of amides is 2. The van der Waals surface area contributed by atoms with E-state index in [9.17, 15) is 9.59 Å². The molecule has 0 unspecified atom stereocenters. The molecule has 2 amide bonds. The first-order valence-electron chi connectivity index (χ1n) is 9.10. The highest BCUT2D eigenvalue weighted by molar-refractivity contribution is 6.34. The van der Waals surface area contributed by atoms with Crippen LogP contribution >= 0.6 is 11.6 Å². The van der Waals surface area contributed by atoms with Crippen molar-refractivity contribution in [1.82, 2.24) is 0 Å². The van der Waals surface area contributed by atoms with Crippen LogP contribution in [-0.4, -0.2) is 24.9 Å². The van der Waals surface area contributed by atoms with E-state index in [0.717, 1.165) is 18.8 Å². The summed E-state index contributed by atoms with van der Waals surface area (Å²) in [7, 11) is 0. The van der Waals surface area contributed by atoms with Gasteiger partial charge in [0.15, 0.2) is 0 Å². The molecule has 0 radical (unpaired) electrons. The highest BCUT2D eigenvalue weighted by Gasteiger charge is 2.36. The SMILES string of the molecule is CC(C)(C(=O)Nc1ccc(N2CCCC2)cc1)C(=O)Nc1ccccc1Cl. The molecular formula is C21H24ClN3O2. The summed E-state index contributed by atoms with van der Waals surface area (Å²) in [5, 5.41) is 5.99. The summed E-state index contributed by atoms with van der Waals surface area (Å²) in [5.74, 6) is -0.789. The molecule has 1 heterocycles. The Labute approximate surface area is 164 Å². The number of para-hydroxylation sites is 1. The summed E-state index contributed by atoms with van der Waals surface area (Å²) >= 11 is 6.08. The lowest BCUT2D eigenvalue weighted by Crippen LogP contribution is -2.41. The third-order valence-corrected chi connectivity index (χ3v) is 5.18. The lowest BCUT2D eigenvalue weighted by atomic mass is 9.90. The van der Waals surface area contributed by atoms with E-state index in [1.165, 1.54) is 12.8 Å². The minimum atomic E-state index is -1.26. The zero-order valence-corrected chi connectivity index (χ0v) is 16.3. The van der Waals surface area contributed by atoms with Crippen LogP contribution in [0.2, 0.25) is 5.02 Å². The predicted octanol–water partition coefficient (Wildman–Crippen LogP) is 4.54. The van der Waals surface area contributed by atoms with Crippen molar-refractivity contribution in [2.24, 2.45) is 5.41 Å². The Morgan fingerprint density at radius 1 is 0.926 bits per heavy atom. The lowest BCUT2D eigenvalue weighted by Gasteiger charge is -2.23. The number of hydrogen-bond acceptors (Lipinski definition) is 3. The minimum absolute atomic E-state index is 0.374. The first kappa shape index (κ1) is 19.2. The summed E-state index contributed by atoms with van der Waals surface area (Å²) in [6.45, 7) is 5.32. The molecule has 1 saturated heterocycles. The van der Waals surface area contributed by atoms with Gasteiger partial charge in [0, 0.05) is 24.5 Å². The first-order valence-corrected chi connectivity index (χ1v) is 9.48. The summed E-state index contributed by atoms with van der Waals surface area (Å²) < 4.78 is 0. The molecule has 2 aromatic carbocycles. The van der Waals surface area contributed by atoms with Crippen LogP contribution in [0.15, 0.2) is 48.5 Å². The van der Waals surface area contributed by atoms with Gasteiger partial charge in [-0.15, -0.1) is 0 Å². The molecule has 2 N–H and O–H groups in total. The molecular weight excluding hydrogens is 362 g/mol. The number of nitrogens with zero attached hydrogens (tertiary/aromatic N) is 1. The largest absolute Gasteiger partial charge is 0.372 e. The Bertz CT molecular complexity index is 828. The summed E-state index contributed by atoms with van der Waals surface area (Å²) in [6, 6.07) is 14.7. The fourth-order valence-corrected chi connectivity index (χ4v) is 3.15. The number of nitrogens with one attached hydrogen (secondary N) is 2. The molecule has 142 valence electrons. The van der Waals surface area contributed by atoms with Crippen molar-refractivity contribution < 1.29 is 9.59 Å². The van der Waals surface area contributed by atoms with Crippen LogP contribution in [0.4, 0.5) is 17.1 Å². The number of carbonyl (C=O) groups is 2. The van der Waals surface area contributed by atoms with Crippen LogP contribution in [0.3, 0.4) is 0 Å². The number of benzene rings is 2. The quantitative estimate of drug-likeness (QED) is 0.742. The Balaban J connectivity index is 1.64. The van der Waals surface area contributed by atoms with Gasteiger partial charge in [0.25, 0.3) is 0 Å². The van der Waals surface area contributed by atoms with Gasteiger partial charge in [0.1, 0.15) is 5.41 Å². The van der Waals surface area contributed by atoms with Crippen molar-refractivity contribution in [2.45, 2.75) is 26.7 Å². The van der Waals surface area contributed by atoms with E-state index in [1.54, 1.807) is 38.1 Å². The van der Waals surface area contributed by atoms with E-state index in [-0.39, 0.29) is 5.91 Å². The topological polar surface area (TPSA) is 61.4 Å². The molecule has 3 rings (SSSR count). The molecule has 27 heavy (non-hydrogen) atoms. The molecule has 0 aromatic heterocycles. The van der Waals surface area contributed by atoms with Gasteiger partial charge in [-0.25, -0.2) is 0 Å². The Hall–Kier alpha value is -2.53. The highest BCUT2D eigenvalue weighted by Crippen LogP contribution is 2.26. The highest BCUT2D eigenvalue weighted by atomic mass is 35.5. The van der Waals surface area contributed by atoms with E-state index in [1.807, 2.05) is 24.3 Å². The second kappa shape index (κ2) is 8.01. The van der Waals surface area contributed by atoms with Crippen LogP contribution in [-0.2, 0) is 9.59 Å². The minimum Gasteiger partial charge on any atom is -0.372 e. The number of hydrogen-bond donors (Lipinski definition) is 2. The molecule has 1 aliphatic rings. The molecule has 1 fully saturated rings. The molecule has 0 saturated carbocycles. The monoisotopic (exact) mass is 385 g/mol. The van der Waals surface area contributed by atoms with Crippen molar-refractivity contribution in [3.8, 4) is 0 Å². The number of rotatable bonds is 5. The van der Waals surface area contributed by atoms with Crippen molar-refractivity contribution >= 4 is 40.5 Å². The molecule has 2 aromatic rings. The van der Waals surface area contributed by atoms with Gasteiger partial charge in [-0.1, -0.05) is 23.7 Å². The standard InChI is InChI=1S/C21H24ClN3O2/c1-21(2,20(27)24-18-8-4-3-7-17(18)22)19(26)23-15-9-11-16(12-10-15)25-13-5-6-14-25/h3-4,7-12H,5-6,13-14H2,1-2H3,(H,23,26)(H,24,27). The fourth-order valence-electron chi connectivity index (χ4n) is 2.96. The zero-order chi connectivity index (χ0) is 19.4. The van der Waals surface area contributed by atoms with Gasteiger partial charge in [-0.2, -0.15) is 0 Å².